The number of hydrogen-bond acceptors (Lipinski definition) is 5. The molecular formula is C20H31N3O4S. The Balaban J connectivity index is 1.73. The van der Waals surface area contributed by atoms with E-state index in [-0.39, 0.29) is 17.3 Å². The predicted octanol–water partition coefficient (Wildman–Crippen LogP) is 2.54. The number of likely N-dealkylation sites (tertiary alicyclic amines) is 1. The minimum Gasteiger partial charge on any atom is -0.495 e. The van der Waals surface area contributed by atoms with E-state index in [0.29, 0.717) is 30.4 Å². The van der Waals surface area contributed by atoms with Crippen molar-refractivity contribution in [2.24, 2.45) is 5.92 Å². The number of methoxy groups -OCH3 is 1. The minimum atomic E-state index is -3.53. The number of benzene rings is 1. The lowest BCUT2D eigenvalue weighted by atomic mass is 10.0. The van der Waals surface area contributed by atoms with Crippen LogP contribution in [-0.4, -0.2) is 63.4 Å². The maximum atomic E-state index is 12.9. The highest BCUT2D eigenvalue weighted by Crippen LogP contribution is 2.30. The molecule has 2 aliphatic rings. The van der Waals surface area contributed by atoms with Crippen LogP contribution in [0, 0.1) is 5.92 Å². The van der Waals surface area contributed by atoms with Crippen LogP contribution in [0.3, 0.4) is 0 Å². The number of piperidine rings is 2. The Bertz CT molecular complexity index is 791. The number of ether oxygens (including phenoxy) is 1. The molecule has 0 aliphatic carbocycles. The third-order valence-electron chi connectivity index (χ3n) is 5.56. The number of nitrogens with one attached hydrogen (secondary N) is 1. The monoisotopic (exact) mass is 409 g/mol. The van der Waals surface area contributed by atoms with E-state index in [2.05, 4.69) is 12.2 Å². The number of carbonyl (C=O) groups excluding carboxylic acids is 1. The minimum absolute atomic E-state index is 0.0258. The molecule has 156 valence electrons. The molecule has 7 nitrogen and oxygen atoms in total. The molecular weight excluding hydrogens is 378 g/mol. The topological polar surface area (TPSA) is 79.0 Å². The molecule has 1 amide bonds. The molecule has 0 radical (unpaired) electrons. The standard InChI is InChI=1S/C20H31N3O4S/c1-16-7-6-10-22(15-16)20(24)14-21-18-13-17(8-9-19(18)27-2)28(25,26)23-11-4-3-5-12-23/h8-9,13,16,21H,3-7,10-12,14-15H2,1-2H3. The average Bonchev–Trinajstić information content (AvgIpc) is 2.72. The molecule has 8 heteroatoms. The second kappa shape index (κ2) is 9.13. The van der Waals surface area contributed by atoms with Crippen LogP contribution in [0.4, 0.5) is 5.69 Å². The number of sulfonamides is 1. The molecule has 1 aromatic carbocycles. The van der Waals surface area contributed by atoms with Gasteiger partial charge in [0.1, 0.15) is 5.75 Å². The van der Waals surface area contributed by atoms with Gasteiger partial charge in [-0.05, 0) is 49.8 Å². The van der Waals surface area contributed by atoms with Gasteiger partial charge in [0.2, 0.25) is 15.9 Å². The van der Waals surface area contributed by atoms with Crippen molar-refractivity contribution >= 4 is 21.6 Å². The summed E-state index contributed by atoms with van der Waals surface area (Å²) in [5, 5.41) is 3.09. The summed E-state index contributed by atoms with van der Waals surface area (Å²) < 4.78 is 32.8. The van der Waals surface area contributed by atoms with Crippen LogP contribution >= 0.6 is 0 Å². The number of carbonyl (C=O) groups is 1. The van der Waals surface area contributed by atoms with Gasteiger partial charge in [-0.25, -0.2) is 8.42 Å². The number of hydrogen-bond donors (Lipinski definition) is 1. The maximum absolute atomic E-state index is 12.9. The average molecular weight is 410 g/mol. The van der Waals surface area contributed by atoms with Crippen molar-refractivity contribution in [3.63, 3.8) is 0 Å². The van der Waals surface area contributed by atoms with Crippen LogP contribution in [0.25, 0.3) is 0 Å². The van der Waals surface area contributed by atoms with Gasteiger partial charge in [-0.3, -0.25) is 4.79 Å². The van der Waals surface area contributed by atoms with Gasteiger partial charge in [0, 0.05) is 26.2 Å². The van der Waals surface area contributed by atoms with Crippen LogP contribution in [-0.2, 0) is 14.8 Å². The normalized spacial score (nSPS) is 21.4. The molecule has 2 saturated heterocycles. The highest BCUT2D eigenvalue weighted by Gasteiger charge is 2.27. The van der Waals surface area contributed by atoms with E-state index in [1.165, 1.54) is 7.11 Å². The van der Waals surface area contributed by atoms with Crippen molar-refractivity contribution < 1.29 is 17.9 Å². The summed E-state index contributed by atoms with van der Waals surface area (Å²) in [6, 6.07) is 4.80. The Morgan fingerprint density at radius 3 is 2.61 bits per heavy atom. The molecule has 2 heterocycles. The number of amides is 1. The van der Waals surface area contributed by atoms with Gasteiger partial charge in [0.25, 0.3) is 0 Å². The molecule has 1 N–H and O–H groups in total. The molecule has 1 aromatic rings. The summed E-state index contributed by atoms with van der Waals surface area (Å²) in [6.07, 6.45) is 5.03. The van der Waals surface area contributed by atoms with E-state index < -0.39 is 10.0 Å². The quantitative estimate of drug-likeness (QED) is 0.781. The van der Waals surface area contributed by atoms with E-state index in [1.807, 2.05) is 4.90 Å². The van der Waals surface area contributed by atoms with Crippen LogP contribution in [0.1, 0.15) is 39.0 Å². The lowest BCUT2D eigenvalue weighted by molar-refractivity contribution is -0.130. The Kier molecular flexibility index (Phi) is 6.82. The van der Waals surface area contributed by atoms with Crippen molar-refractivity contribution in [1.82, 2.24) is 9.21 Å². The summed E-state index contributed by atoms with van der Waals surface area (Å²) in [5.74, 6) is 1.07. The van der Waals surface area contributed by atoms with Gasteiger partial charge in [0.05, 0.1) is 24.2 Å². The second-order valence-electron chi connectivity index (χ2n) is 7.77. The molecule has 0 aromatic heterocycles. The summed E-state index contributed by atoms with van der Waals surface area (Å²) in [6.45, 7) is 4.96. The van der Waals surface area contributed by atoms with Crippen LogP contribution in [0.15, 0.2) is 23.1 Å². The molecule has 3 rings (SSSR count). The summed E-state index contributed by atoms with van der Waals surface area (Å²) in [5.41, 5.74) is 0.527. The lowest BCUT2D eigenvalue weighted by Gasteiger charge is -2.31. The third kappa shape index (κ3) is 4.78. The predicted molar refractivity (Wildman–Crippen MR) is 109 cm³/mol. The number of nitrogens with zero attached hydrogens (tertiary/aromatic N) is 2. The van der Waals surface area contributed by atoms with Crippen LogP contribution in [0.5, 0.6) is 5.75 Å². The molecule has 2 fully saturated rings. The van der Waals surface area contributed by atoms with E-state index >= 15 is 0 Å². The molecule has 0 saturated carbocycles. The van der Waals surface area contributed by atoms with Gasteiger partial charge in [-0.1, -0.05) is 13.3 Å². The zero-order valence-corrected chi connectivity index (χ0v) is 17.6. The van der Waals surface area contributed by atoms with Crippen molar-refractivity contribution in [3.05, 3.63) is 18.2 Å². The summed E-state index contributed by atoms with van der Waals surface area (Å²) >= 11 is 0. The summed E-state index contributed by atoms with van der Waals surface area (Å²) in [7, 11) is -2.00. The highest BCUT2D eigenvalue weighted by molar-refractivity contribution is 7.89. The largest absolute Gasteiger partial charge is 0.495 e. The fraction of sp³-hybridized carbons (Fsp3) is 0.650. The highest BCUT2D eigenvalue weighted by atomic mass is 32.2. The first kappa shape index (κ1) is 20.9. The zero-order chi connectivity index (χ0) is 20.1. The van der Waals surface area contributed by atoms with E-state index in [4.69, 9.17) is 4.74 Å². The van der Waals surface area contributed by atoms with E-state index in [1.54, 1.807) is 22.5 Å². The van der Waals surface area contributed by atoms with Crippen molar-refractivity contribution in [2.45, 2.75) is 43.9 Å². The molecule has 28 heavy (non-hydrogen) atoms. The number of rotatable bonds is 6. The third-order valence-corrected chi connectivity index (χ3v) is 7.46. The number of anilines is 1. The van der Waals surface area contributed by atoms with Crippen molar-refractivity contribution in [1.29, 1.82) is 0 Å². The van der Waals surface area contributed by atoms with Gasteiger partial charge in [-0.2, -0.15) is 4.31 Å². The molecule has 2 aliphatic heterocycles. The Hall–Kier alpha value is -1.80. The Morgan fingerprint density at radius 1 is 1.18 bits per heavy atom. The fourth-order valence-corrected chi connectivity index (χ4v) is 5.48. The molecule has 0 spiro atoms. The Morgan fingerprint density at radius 2 is 1.93 bits per heavy atom. The zero-order valence-electron chi connectivity index (χ0n) is 16.8. The first-order valence-electron chi connectivity index (χ1n) is 10.1. The first-order chi connectivity index (χ1) is 13.4. The SMILES string of the molecule is COc1ccc(S(=O)(=O)N2CCCCC2)cc1NCC(=O)N1CCCC(C)C1. The van der Waals surface area contributed by atoms with Gasteiger partial charge in [-0.15, -0.1) is 0 Å². The summed E-state index contributed by atoms with van der Waals surface area (Å²) in [4.78, 5) is 14.7. The smallest absolute Gasteiger partial charge is 0.243 e. The Labute approximate surface area is 168 Å². The fourth-order valence-electron chi connectivity index (χ4n) is 3.94. The first-order valence-corrected chi connectivity index (χ1v) is 11.6. The van der Waals surface area contributed by atoms with Gasteiger partial charge in [0.15, 0.2) is 0 Å². The van der Waals surface area contributed by atoms with Crippen molar-refractivity contribution in [3.8, 4) is 5.75 Å². The van der Waals surface area contributed by atoms with Crippen LogP contribution < -0.4 is 10.1 Å². The van der Waals surface area contributed by atoms with Gasteiger partial charge >= 0.3 is 0 Å². The molecule has 1 unspecified atom stereocenters. The molecule has 1 atom stereocenters. The van der Waals surface area contributed by atoms with E-state index in [0.717, 1.165) is 45.2 Å². The van der Waals surface area contributed by atoms with E-state index in [9.17, 15) is 13.2 Å². The second-order valence-corrected chi connectivity index (χ2v) is 9.71. The lowest BCUT2D eigenvalue weighted by Crippen LogP contribution is -2.42. The van der Waals surface area contributed by atoms with Crippen LogP contribution in [0.2, 0.25) is 0 Å². The molecule has 0 bridgehead atoms. The van der Waals surface area contributed by atoms with Crippen molar-refractivity contribution in [2.75, 3.05) is 45.2 Å². The maximum Gasteiger partial charge on any atom is 0.243 e. The van der Waals surface area contributed by atoms with Gasteiger partial charge < -0.3 is 15.0 Å².